The number of halogens is 2. The zero-order valence-electron chi connectivity index (χ0n) is 38.2. The lowest BCUT2D eigenvalue weighted by Gasteiger charge is -2.45. The number of carbonyl (C=O) groups excluding carboxylic acids is 1. The van der Waals surface area contributed by atoms with E-state index in [2.05, 4.69) is 60.4 Å². The van der Waals surface area contributed by atoms with Gasteiger partial charge in [-0.15, -0.1) is 0 Å². The number of hydrogen-bond donors (Lipinski definition) is 2. The summed E-state index contributed by atoms with van der Waals surface area (Å²) in [6.07, 6.45) is 15.7. The fourth-order valence-corrected chi connectivity index (χ4v) is 11.9. The van der Waals surface area contributed by atoms with Crippen molar-refractivity contribution in [2.75, 3.05) is 57.4 Å². The van der Waals surface area contributed by atoms with E-state index in [9.17, 15) is 13.2 Å². The van der Waals surface area contributed by atoms with Crippen molar-refractivity contribution >= 4 is 61.4 Å². The number of ether oxygens (including phenoxy) is 3. The van der Waals surface area contributed by atoms with E-state index in [1.807, 2.05) is 30.3 Å². The maximum atomic E-state index is 14.2. The van der Waals surface area contributed by atoms with E-state index in [1.54, 1.807) is 24.5 Å². The average Bonchev–Trinajstić information content (AvgIpc) is 4.03. The minimum atomic E-state index is -4.52. The van der Waals surface area contributed by atoms with Gasteiger partial charge in [-0.3, -0.25) is 19.6 Å². The van der Waals surface area contributed by atoms with Gasteiger partial charge in [0.05, 0.1) is 43.8 Å². The number of rotatable bonds is 15. The third kappa shape index (κ3) is 10.5. The summed E-state index contributed by atoms with van der Waals surface area (Å²) in [7, 11) is -4.52. The zero-order chi connectivity index (χ0) is 46.3. The van der Waals surface area contributed by atoms with E-state index < -0.39 is 15.9 Å². The van der Waals surface area contributed by atoms with Crippen LogP contribution >= 0.6 is 23.2 Å². The van der Waals surface area contributed by atoms with Crippen LogP contribution in [0.5, 0.6) is 17.2 Å². The van der Waals surface area contributed by atoms with Crippen LogP contribution in [0.1, 0.15) is 87.6 Å². The molecule has 2 N–H and O–H groups in total. The number of sulfonamides is 1. The van der Waals surface area contributed by atoms with Crippen LogP contribution in [0, 0.1) is 11.3 Å². The van der Waals surface area contributed by atoms with Crippen molar-refractivity contribution in [3.05, 3.63) is 106 Å². The lowest BCUT2D eigenvalue weighted by atomic mass is 9.72. The number of H-pyrrole nitrogens is 1. The predicted molar refractivity (Wildman–Crippen MR) is 262 cm³/mol. The van der Waals surface area contributed by atoms with Gasteiger partial charge in [-0.25, -0.2) is 18.1 Å². The molecular formula is C51H59Cl2N7O6S. The molecule has 0 atom stereocenters. The molecule has 67 heavy (non-hydrogen) atoms. The maximum Gasteiger partial charge on any atom is 0.269 e. The van der Waals surface area contributed by atoms with E-state index in [4.69, 9.17) is 37.4 Å². The topological polar surface area (TPSA) is 142 Å². The third-order valence-corrected chi connectivity index (χ3v) is 16.2. The Morgan fingerprint density at radius 2 is 1.67 bits per heavy atom. The smallest absolute Gasteiger partial charge is 0.269 e. The van der Waals surface area contributed by atoms with Crippen molar-refractivity contribution in [2.45, 2.75) is 94.7 Å². The van der Waals surface area contributed by atoms with Crippen molar-refractivity contribution in [1.29, 1.82) is 0 Å². The van der Waals surface area contributed by atoms with Crippen LogP contribution in [0.3, 0.4) is 0 Å². The number of allylic oxidation sites excluding steroid dienone is 1. The molecule has 10 rings (SSSR count). The highest BCUT2D eigenvalue weighted by molar-refractivity contribution is 7.90. The van der Waals surface area contributed by atoms with Crippen LogP contribution in [0.2, 0.25) is 10.0 Å². The quantitative estimate of drug-likeness (QED) is 0.104. The predicted octanol–water partition coefficient (Wildman–Crippen LogP) is 9.76. The van der Waals surface area contributed by atoms with Gasteiger partial charge in [-0.05, 0) is 117 Å². The molecule has 4 fully saturated rings. The van der Waals surface area contributed by atoms with Crippen molar-refractivity contribution in [3.8, 4) is 17.2 Å². The summed E-state index contributed by atoms with van der Waals surface area (Å²) >= 11 is 12.9. The summed E-state index contributed by atoms with van der Waals surface area (Å²) in [4.78, 5) is 33.0. The van der Waals surface area contributed by atoms with Crippen molar-refractivity contribution in [3.63, 3.8) is 0 Å². The average molecular weight is 969 g/mol. The van der Waals surface area contributed by atoms with Gasteiger partial charge in [0, 0.05) is 79.4 Å². The number of nitrogens with zero attached hydrogens (tertiary/aromatic N) is 5. The van der Waals surface area contributed by atoms with Gasteiger partial charge < -0.3 is 24.1 Å². The van der Waals surface area contributed by atoms with Gasteiger partial charge in [-0.1, -0.05) is 54.8 Å². The highest BCUT2D eigenvalue weighted by atomic mass is 35.5. The van der Waals surface area contributed by atoms with Gasteiger partial charge in [0.1, 0.15) is 27.1 Å². The summed E-state index contributed by atoms with van der Waals surface area (Å²) in [6, 6.07) is 18.9. The Balaban J connectivity index is 0.835. The van der Waals surface area contributed by atoms with E-state index in [0.29, 0.717) is 36.1 Å². The van der Waals surface area contributed by atoms with Crippen molar-refractivity contribution in [1.82, 2.24) is 29.5 Å². The summed E-state index contributed by atoms with van der Waals surface area (Å²) in [5.74, 6) is -0.0723. The number of piperazine rings is 1. The first-order valence-corrected chi connectivity index (χ1v) is 26.0. The molecule has 0 spiro atoms. The van der Waals surface area contributed by atoms with Crippen molar-refractivity contribution in [2.24, 2.45) is 11.3 Å². The number of carbonyl (C=O) groups is 1. The van der Waals surface area contributed by atoms with E-state index in [-0.39, 0.29) is 38.3 Å². The number of pyridine rings is 2. The Hall–Kier alpha value is -4.70. The van der Waals surface area contributed by atoms with Crippen molar-refractivity contribution < 1.29 is 27.4 Å². The Morgan fingerprint density at radius 1 is 0.925 bits per heavy atom. The van der Waals surface area contributed by atoms with Crippen LogP contribution in [-0.4, -0.2) is 110 Å². The SMILES string of the molecule is CC1(C)CCC(CN2CCN(c3ccc(C(=O)NS(=O)(=O)c4cncc(Cl)c4OCC4CCC(N(C5CC5)C5COC5)CC4)c(Oc4cnc5[nH]ccc5c4)c3)CC2)=C(c2ccc(Cl)cc2)C1. The molecule has 3 aliphatic carbocycles. The van der Waals surface area contributed by atoms with Crippen LogP contribution in [0.25, 0.3) is 16.6 Å². The normalized spacial score (nSPS) is 21.7. The van der Waals surface area contributed by atoms with Gasteiger partial charge in [0.2, 0.25) is 0 Å². The highest BCUT2D eigenvalue weighted by Crippen LogP contribution is 2.44. The Bertz CT molecular complexity index is 2740. The summed E-state index contributed by atoms with van der Waals surface area (Å²) < 4.78 is 48.7. The van der Waals surface area contributed by atoms with E-state index in [1.165, 1.54) is 41.9 Å². The number of amides is 1. The molecule has 0 unspecified atom stereocenters. The standard InChI is InChI=1S/C51H59Cl2N7O6S/c1-51(2)17-15-36(44(25-51)34-5-7-37(52)8-6-34)29-58-19-21-59(22-20-58)40-13-14-43(46(24-40)66-42-23-35-16-18-55-49(35)56-26-42)50(61)57-67(62,63)47-28-54-27-45(53)48(47)65-30-33-3-9-38(10-4-33)60(39-11-12-39)41-31-64-32-41/h5-8,13-14,16,18,23-24,26-28,33,38-39,41H,3-4,9-12,15,17,19-22,25,29-32H2,1-2H3,(H,55,56)(H,57,61). The molecule has 0 bridgehead atoms. The molecular weight excluding hydrogens is 910 g/mol. The Kier molecular flexibility index (Phi) is 13.3. The number of nitrogens with one attached hydrogen (secondary N) is 2. The summed E-state index contributed by atoms with van der Waals surface area (Å²) in [5, 5.41) is 1.62. The first-order chi connectivity index (χ1) is 32.4. The maximum absolute atomic E-state index is 14.2. The largest absolute Gasteiger partial charge is 0.490 e. The molecule has 5 aliphatic rings. The molecule has 5 heterocycles. The van der Waals surface area contributed by atoms with Gasteiger partial charge in [0.25, 0.3) is 15.9 Å². The molecule has 354 valence electrons. The fourth-order valence-electron chi connectivity index (χ4n) is 10.4. The van der Waals surface area contributed by atoms with E-state index >= 15 is 0 Å². The second kappa shape index (κ2) is 19.4. The minimum Gasteiger partial charge on any atom is -0.490 e. The number of hydrogen-bond acceptors (Lipinski definition) is 11. The molecule has 2 saturated carbocycles. The molecule has 1 amide bonds. The Morgan fingerprint density at radius 3 is 2.39 bits per heavy atom. The first-order valence-electron chi connectivity index (χ1n) is 23.7. The van der Waals surface area contributed by atoms with Crippen LogP contribution in [-0.2, 0) is 14.8 Å². The fraction of sp³-hybridized carbons (Fsp3) is 0.471. The van der Waals surface area contributed by atoms with Crippen LogP contribution in [0.15, 0.2) is 89.9 Å². The van der Waals surface area contributed by atoms with Crippen LogP contribution < -0.4 is 19.1 Å². The molecule has 3 aromatic heterocycles. The summed E-state index contributed by atoms with van der Waals surface area (Å²) in [5.41, 5.74) is 5.98. The number of aromatic nitrogens is 3. The third-order valence-electron chi connectivity index (χ3n) is 14.4. The monoisotopic (exact) mass is 967 g/mol. The summed E-state index contributed by atoms with van der Waals surface area (Å²) in [6.45, 7) is 10.8. The molecule has 2 aromatic carbocycles. The molecule has 13 nitrogen and oxygen atoms in total. The molecule has 16 heteroatoms. The van der Waals surface area contributed by atoms with Gasteiger partial charge in [0.15, 0.2) is 5.75 Å². The van der Waals surface area contributed by atoms with Gasteiger partial charge >= 0.3 is 0 Å². The van der Waals surface area contributed by atoms with Gasteiger partial charge in [-0.2, -0.15) is 0 Å². The second-order valence-electron chi connectivity index (χ2n) is 19.8. The first kappa shape index (κ1) is 46.1. The lowest BCUT2D eigenvalue weighted by molar-refractivity contribution is -0.0896. The second-order valence-corrected chi connectivity index (χ2v) is 22.3. The number of aromatic amines is 1. The Labute approximate surface area is 403 Å². The molecule has 2 saturated heterocycles. The zero-order valence-corrected chi connectivity index (χ0v) is 40.5. The lowest BCUT2D eigenvalue weighted by Crippen LogP contribution is -2.55. The molecule has 2 aliphatic heterocycles. The van der Waals surface area contributed by atoms with Crippen LogP contribution in [0.4, 0.5) is 5.69 Å². The number of fused-ring (bicyclic) bond motifs is 1. The number of benzene rings is 2. The number of anilines is 1. The molecule has 0 radical (unpaired) electrons. The van der Waals surface area contributed by atoms with E-state index in [0.717, 1.165) is 107 Å². The molecule has 5 aromatic rings. The highest BCUT2D eigenvalue weighted by Gasteiger charge is 2.42. The minimum absolute atomic E-state index is 0.0213.